The Morgan fingerprint density at radius 2 is 2.50 bits per heavy atom. The normalized spacial score (nSPS) is 9.70. The second-order valence-electron chi connectivity index (χ2n) is 1.77. The van der Waals surface area contributed by atoms with Gasteiger partial charge in [0.15, 0.2) is 5.82 Å². The monoisotopic (exact) mass is 139 g/mol. The maximum atomic E-state index is 5.33. The molecule has 0 atom stereocenters. The van der Waals surface area contributed by atoms with Gasteiger partial charge in [0, 0.05) is 0 Å². The average Bonchev–Trinajstić information content (AvgIpc) is 2.36. The zero-order valence-electron chi connectivity index (χ0n) is 5.56. The molecule has 0 amide bonds. The molecule has 10 heavy (non-hydrogen) atoms. The van der Waals surface area contributed by atoms with Crippen molar-refractivity contribution in [2.75, 3.05) is 0 Å². The molecule has 54 valence electrons. The maximum absolute atomic E-state index is 5.33. The fourth-order valence-electron chi connectivity index (χ4n) is 0.634. The summed E-state index contributed by atoms with van der Waals surface area (Å²) in [6, 6.07) is 0. The van der Waals surface area contributed by atoms with Crippen molar-refractivity contribution < 1.29 is 0 Å². The molecule has 0 radical (unpaired) electrons. The van der Waals surface area contributed by atoms with E-state index in [0.29, 0.717) is 18.9 Å². The van der Waals surface area contributed by atoms with Gasteiger partial charge in [-0.3, -0.25) is 0 Å². The first-order valence-electron chi connectivity index (χ1n) is 2.94. The summed E-state index contributed by atoms with van der Waals surface area (Å²) in [7, 11) is 0. The third-order valence-electron chi connectivity index (χ3n) is 1.09. The number of hydrogen-bond acceptors (Lipinski definition) is 4. The van der Waals surface area contributed by atoms with Gasteiger partial charge in [0.2, 0.25) is 0 Å². The third-order valence-corrected chi connectivity index (χ3v) is 1.09. The summed E-state index contributed by atoms with van der Waals surface area (Å²) in [5.74, 6) is 0.680. The second-order valence-corrected chi connectivity index (χ2v) is 1.77. The highest BCUT2D eigenvalue weighted by Gasteiger charge is 1.99. The standard InChI is InChI=1S/C5H9N5/c1-2-3-10-5(4-6)7-8-9-10/h2H,1,3-4,6H2. The lowest BCUT2D eigenvalue weighted by atomic mass is 10.5. The van der Waals surface area contributed by atoms with Crippen LogP contribution in [0.4, 0.5) is 0 Å². The summed E-state index contributed by atoms with van der Waals surface area (Å²) in [6.45, 7) is 4.53. The number of tetrazole rings is 1. The van der Waals surface area contributed by atoms with Gasteiger partial charge in [-0.05, 0) is 10.4 Å². The van der Waals surface area contributed by atoms with Gasteiger partial charge < -0.3 is 5.73 Å². The van der Waals surface area contributed by atoms with Crippen molar-refractivity contribution in [3.8, 4) is 0 Å². The van der Waals surface area contributed by atoms with Gasteiger partial charge in [0.05, 0.1) is 13.1 Å². The molecule has 0 saturated carbocycles. The van der Waals surface area contributed by atoms with Gasteiger partial charge in [-0.25, -0.2) is 4.68 Å². The van der Waals surface area contributed by atoms with E-state index in [1.165, 1.54) is 0 Å². The zero-order valence-corrected chi connectivity index (χ0v) is 5.56. The first kappa shape index (κ1) is 6.88. The van der Waals surface area contributed by atoms with Gasteiger partial charge >= 0.3 is 0 Å². The highest BCUT2D eigenvalue weighted by Crippen LogP contribution is 1.88. The molecule has 0 spiro atoms. The fourth-order valence-corrected chi connectivity index (χ4v) is 0.634. The number of allylic oxidation sites excluding steroid dienone is 1. The molecule has 1 aromatic heterocycles. The number of rotatable bonds is 3. The lowest BCUT2D eigenvalue weighted by Crippen LogP contribution is -2.08. The van der Waals surface area contributed by atoms with Crippen molar-refractivity contribution >= 4 is 0 Å². The molecule has 0 aliphatic carbocycles. The first-order chi connectivity index (χ1) is 4.88. The lowest BCUT2D eigenvalue weighted by molar-refractivity contribution is 0.630. The van der Waals surface area contributed by atoms with Gasteiger partial charge in [0.25, 0.3) is 0 Å². The minimum Gasteiger partial charge on any atom is -0.324 e. The highest BCUT2D eigenvalue weighted by molar-refractivity contribution is 4.81. The van der Waals surface area contributed by atoms with Crippen LogP contribution < -0.4 is 5.73 Å². The van der Waals surface area contributed by atoms with E-state index >= 15 is 0 Å². The van der Waals surface area contributed by atoms with Crippen LogP contribution >= 0.6 is 0 Å². The van der Waals surface area contributed by atoms with E-state index in [0.717, 1.165) is 0 Å². The first-order valence-corrected chi connectivity index (χ1v) is 2.94. The lowest BCUT2D eigenvalue weighted by Gasteiger charge is -1.95. The molecule has 0 fully saturated rings. The Kier molecular flexibility index (Phi) is 2.11. The summed E-state index contributed by atoms with van der Waals surface area (Å²) < 4.78 is 1.60. The van der Waals surface area contributed by atoms with Gasteiger partial charge in [-0.15, -0.1) is 11.7 Å². The van der Waals surface area contributed by atoms with Crippen molar-refractivity contribution in [1.29, 1.82) is 0 Å². The minimum atomic E-state index is 0.362. The van der Waals surface area contributed by atoms with Crippen LogP contribution in [0.2, 0.25) is 0 Å². The molecule has 0 aromatic carbocycles. The Balaban J connectivity index is 2.79. The predicted octanol–water partition coefficient (Wildman–Crippen LogP) is -0.682. The summed E-state index contributed by atoms with van der Waals surface area (Å²) in [5.41, 5.74) is 5.33. The molecule has 0 saturated heterocycles. The second kappa shape index (κ2) is 3.07. The smallest absolute Gasteiger partial charge is 0.165 e. The van der Waals surface area contributed by atoms with Crippen LogP contribution in [0.15, 0.2) is 12.7 Å². The van der Waals surface area contributed by atoms with Crippen LogP contribution in [0, 0.1) is 0 Å². The van der Waals surface area contributed by atoms with Gasteiger partial charge in [-0.2, -0.15) is 0 Å². The van der Waals surface area contributed by atoms with E-state index in [2.05, 4.69) is 22.1 Å². The number of aromatic nitrogens is 4. The Bertz CT molecular complexity index is 216. The van der Waals surface area contributed by atoms with Crippen LogP contribution in [-0.4, -0.2) is 20.2 Å². The van der Waals surface area contributed by atoms with Crippen molar-refractivity contribution in [3.05, 3.63) is 18.5 Å². The summed E-state index contributed by atoms with van der Waals surface area (Å²) in [6.07, 6.45) is 1.72. The minimum absolute atomic E-state index is 0.362. The Labute approximate surface area is 58.5 Å². The van der Waals surface area contributed by atoms with Crippen LogP contribution in [0.1, 0.15) is 5.82 Å². The Morgan fingerprint density at radius 3 is 3.10 bits per heavy atom. The molecule has 5 heteroatoms. The maximum Gasteiger partial charge on any atom is 0.165 e. The summed E-state index contributed by atoms with van der Waals surface area (Å²) in [5, 5.41) is 10.8. The predicted molar refractivity (Wildman–Crippen MR) is 35.9 cm³/mol. The molecular formula is C5H9N5. The van der Waals surface area contributed by atoms with E-state index < -0.39 is 0 Å². The topological polar surface area (TPSA) is 69.6 Å². The van der Waals surface area contributed by atoms with Crippen molar-refractivity contribution in [2.45, 2.75) is 13.1 Å². The van der Waals surface area contributed by atoms with Gasteiger partial charge in [0.1, 0.15) is 0 Å². The molecule has 5 nitrogen and oxygen atoms in total. The SMILES string of the molecule is C=CCn1nnnc1CN. The van der Waals surface area contributed by atoms with Crippen LogP contribution in [0.3, 0.4) is 0 Å². The number of hydrogen-bond donors (Lipinski definition) is 1. The molecule has 1 rings (SSSR count). The van der Waals surface area contributed by atoms with E-state index in [1.54, 1.807) is 10.8 Å². The van der Waals surface area contributed by atoms with E-state index in [-0.39, 0.29) is 0 Å². The molecule has 1 heterocycles. The van der Waals surface area contributed by atoms with E-state index in [9.17, 15) is 0 Å². The summed E-state index contributed by atoms with van der Waals surface area (Å²) >= 11 is 0. The molecule has 0 bridgehead atoms. The third kappa shape index (κ3) is 1.19. The quantitative estimate of drug-likeness (QED) is 0.563. The van der Waals surface area contributed by atoms with Crippen LogP contribution in [-0.2, 0) is 13.1 Å². The highest BCUT2D eigenvalue weighted by atomic mass is 15.5. The largest absolute Gasteiger partial charge is 0.324 e. The van der Waals surface area contributed by atoms with Crippen molar-refractivity contribution in [3.63, 3.8) is 0 Å². The molecule has 0 unspecified atom stereocenters. The molecule has 1 aromatic rings. The Morgan fingerprint density at radius 1 is 1.70 bits per heavy atom. The van der Waals surface area contributed by atoms with Crippen LogP contribution in [0.5, 0.6) is 0 Å². The molecule has 2 N–H and O–H groups in total. The van der Waals surface area contributed by atoms with Gasteiger partial charge in [-0.1, -0.05) is 6.08 Å². The van der Waals surface area contributed by atoms with Crippen LogP contribution in [0.25, 0.3) is 0 Å². The zero-order chi connectivity index (χ0) is 7.40. The fraction of sp³-hybridized carbons (Fsp3) is 0.400. The van der Waals surface area contributed by atoms with Crippen molar-refractivity contribution in [2.24, 2.45) is 5.73 Å². The molecule has 0 aliphatic heterocycles. The van der Waals surface area contributed by atoms with E-state index in [1.807, 2.05) is 0 Å². The molecule has 0 aliphatic rings. The molecular weight excluding hydrogens is 130 g/mol. The Hall–Kier alpha value is -1.23. The summed E-state index contributed by atoms with van der Waals surface area (Å²) in [4.78, 5) is 0. The average molecular weight is 139 g/mol. The van der Waals surface area contributed by atoms with E-state index in [4.69, 9.17) is 5.73 Å². The number of nitrogens with zero attached hydrogens (tertiary/aromatic N) is 4. The number of nitrogens with two attached hydrogens (primary N) is 1. The van der Waals surface area contributed by atoms with Crippen molar-refractivity contribution in [1.82, 2.24) is 20.2 Å².